The monoisotopic (exact) mass is 335 g/mol. The smallest absolute Gasteiger partial charge is 0.870 e. The van der Waals surface area contributed by atoms with Gasteiger partial charge in [0.15, 0.2) is 5.78 Å². The van der Waals surface area contributed by atoms with Gasteiger partial charge in [-0.3, -0.25) is 21.2 Å². The quantitative estimate of drug-likeness (QED) is 0.242. The number of ketones is 2. The zero-order valence-electron chi connectivity index (χ0n) is 10.8. The Kier molecular flexibility index (Phi) is 51.5. The summed E-state index contributed by atoms with van der Waals surface area (Å²) in [6, 6.07) is 0. The molecule has 0 atom stereocenters. The molecule has 1 N–H and O–H groups in total. The van der Waals surface area contributed by atoms with Crippen LogP contribution in [0.3, 0.4) is 0 Å². The number of ether oxygens (including phenoxy) is 1. The van der Waals surface area contributed by atoms with Gasteiger partial charge in [-0.05, 0) is 0 Å². The van der Waals surface area contributed by atoms with E-state index in [-0.39, 0.29) is 59.7 Å². The van der Waals surface area contributed by atoms with E-state index in [4.69, 9.17) is 4.79 Å². The minimum atomic E-state index is -0.0833. The Labute approximate surface area is 138 Å². The molecular formula is C10H17BrNaO6-. The van der Waals surface area contributed by atoms with Gasteiger partial charge >= 0.3 is 29.6 Å². The second kappa shape index (κ2) is 30.2. The van der Waals surface area contributed by atoms with Crippen molar-refractivity contribution in [1.29, 1.82) is 0 Å². The molecule has 0 bridgehead atoms. The number of carbonyl (C=O) groups is 3. The fourth-order valence-electron chi connectivity index (χ4n) is 0.324. The average molecular weight is 336 g/mol. The Morgan fingerprint density at radius 3 is 1.72 bits per heavy atom. The first-order chi connectivity index (χ1) is 7.62. The topological polar surface area (TPSA) is 108 Å². The number of Topliss-reactive ketones (excluding diaryl/α,β-unsaturated/α-hetero) is 2. The molecule has 0 aromatic heterocycles. The van der Waals surface area contributed by atoms with Crippen LogP contribution in [0.25, 0.3) is 0 Å². The molecule has 0 amide bonds. The molecule has 0 saturated carbocycles. The third-order valence-electron chi connectivity index (χ3n) is 1.25. The molecule has 0 heterocycles. The number of alkyl halides is 1. The largest absolute Gasteiger partial charge is 1.00 e. The van der Waals surface area contributed by atoms with Crippen molar-refractivity contribution in [2.45, 2.75) is 26.7 Å². The van der Waals surface area contributed by atoms with Gasteiger partial charge in [0, 0.05) is 12.8 Å². The Bertz CT molecular complexity index is 195. The predicted molar refractivity (Wildman–Crippen MR) is 65.1 cm³/mol. The van der Waals surface area contributed by atoms with E-state index in [0.29, 0.717) is 18.2 Å². The molecule has 0 aliphatic heterocycles. The second-order valence-electron chi connectivity index (χ2n) is 2.33. The van der Waals surface area contributed by atoms with Gasteiger partial charge in [0.2, 0.25) is 0 Å². The molecular weight excluding hydrogens is 319 g/mol. The van der Waals surface area contributed by atoms with E-state index < -0.39 is 0 Å². The van der Waals surface area contributed by atoms with Crippen molar-refractivity contribution < 1.29 is 58.9 Å². The zero-order chi connectivity index (χ0) is 13.4. The van der Waals surface area contributed by atoms with Crippen LogP contribution in [0.5, 0.6) is 0 Å². The van der Waals surface area contributed by atoms with E-state index in [2.05, 4.69) is 27.5 Å². The average Bonchev–Trinajstić information content (AvgIpc) is 2.37. The molecule has 0 radical (unpaired) electrons. The summed E-state index contributed by atoms with van der Waals surface area (Å²) in [4.78, 5) is 37.6. The van der Waals surface area contributed by atoms with Gasteiger partial charge in [-0.15, -0.1) is 0 Å². The summed E-state index contributed by atoms with van der Waals surface area (Å²) in [5.74, 6) is 0.201. The minimum Gasteiger partial charge on any atom is -0.870 e. The van der Waals surface area contributed by atoms with Gasteiger partial charge < -0.3 is 15.0 Å². The summed E-state index contributed by atoms with van der Waals surface area (Å²) in [6.07, 6.45) is 1.07. The molecule has 102 valence electrons. The van der Waals surface area contributed by atoms with Crippen LogP contribution in [-0.4, -0.2) is 42.2 Å². The summed E-state index contributed by atoms with van der Waals surface area (Å²) >= 11 is 3.03. The SMILES string of the molecule is CCC(=O)CBr.CCC(=O)COC=O.[CH-]=O.[Na+].[OH-]. The van der Waals surface area contributed by atoms with Crippen LogP contribution in [-0.2, 0) is 23.9 Å². The van der Waals surface area contributed by atoms with Gasteiger partial charge in [-0.25, -0.2) is 0 Å². The van der Waals surface area contributed by atoms with E-state index in [0.717, 1.165) is 0 Å². The third kappa shape index (κ3) is 36.0. The van der Waals surface area contributed by atoms with Crippen molar-refractivity contribution in [2.24, 2.45) is 0 Å². The number of rotatable bonds is 6. The van der Waals surface area contributed by atoms with Crippen molar-refractivity contribution in [2.75, 3.05) is 11.9 Å². The van der Waals surface area contributed by atoms with E-state index >= 15 is 0 Å². The normalized spacial score (nSPS) is 6.61. The first-order valence-electron chi connectivity index (χ1n) is 4.50. The Morgan fingerprint density at radius 1 is 1.17 bits per heavy atom. The van der Waals surface area contributed by atoms with Gasteiger partial charge in [-0.2, -0.15) is 0 Å². The molecule has 0 aromatic carbocycles. The van der Waals surface area contributed by atoms with Gasteiger partial charge in [-0.1, -0.05) is 29.8 Å². The van der Waals surface area contributed by atoms with Crippen LogP contribution in [0.2, 0.25) is 0 Å². The van der Waals surface area contributed by atoms with E-state index in [1.54, 1.807) is 6.92 Å². The molecule has 0 unspecified atom stereocenters. The maximum absolute atomic E-state index is 10.3. The van der Waals surface area contributed by atoms with E-state index in [1.807, 2.05) is 6.92 Å². The predicted octanol–water partition coefficient (Wildman–Crippen LogP) is -1.95. The fraction of sp³-hybridized carbons (Fsp3) is 0.600. The number of hydrogen-bond donors (Lipinski definition) is 0. The first kappa shape index (κ1) is 30.7. The number of halogens is 1. The van der Waals surface area contributed by atoms with Crippen LogP contribution in [0, 0.1) is 0 Å². The molecule has 0 spiro atoms. The van der Waals surface area contributed by atoms with E-state index in [9.17, 15) is 14.4 Å². The molecule has 0 rings (SSSR count). The fourth-order valence-corrected chi connectivity index (χ4v) is 0.720. The van der Waals surface area contributed by atoms with Crippen LogP contribution in [0.4, 0.5) is 0 Å². The van der Waals surface area contributed by atoms with Crippen molar-refractivity contribution in [1.82, 2.24) is 0 Å². The van der Waals surface area contributed by atoms with Gasteiger partial charge in [0.1, 0.15) is 12.4 Å². The Morgan fingerprint density at radius 2 is 1.56 bits per heavy atom. The molecule has 0 fully saturated rings. The first-order valence-corrected chi connectivity index (χ1v) is 5.62. The Hall–Kier alpha value is -0.0800. The molecule has 0 aliphatic rings. The van der Waals surface area contributed by atoms with Gasteiger partial charge in [0.05, 0.1) is 5.33 Å². The van der Waals surface area contributed by atoms with Crippen molar-refractivity contribution >= 4 is 40.8 Å². The van der Waals surface area contributed by atoms with Gasteiger partial charge in [0.25, 0.3) is 6.47 Å². The minimum absolute atomic E-state index is 0. The molecule has 18 heavy (non-hydrogen) atoms. The number of carbonyl (C=O) groups excluding carboxylic acids is 4. The third-order valence-corrected chi connectivity index (χ3v) is 1.88. The summed E-state index contributed by atoms with van der Waals surface area (Å²) < 4.78 is 4.16. The maximum Gasteiger partial charge on any atom is 1.00 e. The van der Waals surface area contributed by atoms with Crippen LogP contribution >= 0.6 is 15.9 Å². The number of hydrogen-bond acceptors (Lipinski definition) is 6. The molecule has 0 aromatic rings. The molecule has 8 heteroatoms. The van der Waals surface area contributed by atoms with Crippen LogP contribution in [0.1, 0.15) is 26.7 Å². The molecule has 0 saturated heterocycles. The van der Waals surface area contributed by atoms with Crippen LogP contribution in [0.15, 0.2) is 0 Å². The van der Waals surface area contributed by atoms with Crippen LogP contribution < -0.4 is 29.6 Å². The standard InChI is InChI=1S/C5H8O3.C4H7BrO.CHO.Na.H2O/c1-2-5(7)3-8-4-6;1-2-4(6)3-5;1-2;;/h4H,2-3H2,1H3;2-3H2,1H3;1H;;1H2/q;;-1;+1;/p-1. The van der Waals surface area contributed by atoms with Crippen molar-refractivity contribution in [3.05, 3.63) is 0 Å². The van der Waals surface area contributed by atoms with Crippen molar-refractivity contribution in [3.63, 3.8) is 0 Å². The second-order valence-corrected chi connectivity index (χ2v) is 2.89. The molecule has 0 aliphatic carbocycles. The summed E-state index contributed by atoms with van der Waals surface area (Å²) in [5.41, 5.74) is 0. The summed E-state index contributed by atoms with van der Waals surface area (Å²) in [6.45, 7) is 7.01. The summed E-state index contributed by atoms with van der Waals surface area (Å²) in [7, 11) is 0. The maximum atomic E-state index is 10.3. The summed E-state index contributed by atoms with van der Waals surface area (Å²) in [5, 5.41) is 0.503. The van der Waals surface area contributed by atoms with E-state index in [1.165, 1.54) is 0 Å². The Balaban J connectivity index is -0.0000000511. The molecule has 6 nitrogen and oxygen atoms in total. The zero-order valence-corrected chi connectivity index (χ0v) is 14.4. The van der Waals surface area contributed by atoms with Crippen molar-refractivity contribution in [3.8, 4) is 0 Å².